The number of halogens is 2. The molecule has 0 fully saturated rings. The van der Waals surface area contributed by atoms with Gasteiger partial charge in [-0.3, -0.25) is 0 Å². The first-order valence-corrected chi connectivity index (χ1v) is 8.31. The van der Waals surface area contributed by atoms with Crippen LogP contribution in [-0.2, 0) is 12.8 Å². The molecule has 1 atom stereocenters. The van der Waals surface area contributed by atoms with Crippen molar-refractivity contribution in [2.24, 2.45) is 0 Å². The van der Waals surface area contributed by atoms with E-state index in [0.717, 1.165) is 17.7 Å². The monoisotopic (exact) mass is 307 g/mol. The molecule has 1 aliphatic rings. The molecule has 0 radical (unpaired) electrons. The summed E-state index contributed by atoms with van der Waals surface area (Å²) in [5, 5.41) is 3.30. The molecule has 1 aromatic heterocycles. The highest BCUT2D eigenvalue weighted by atomic mass is 32.1. The summed E-state index contributed by atoms with van der Waals surface area (Å²) in [6, 6.07) is 6.33. The van der Waals surface area contributed by atoms with Crippen LogP contribution in [0.3, 0.4) is 0 Å². The molecule has 21 heavy (non-hydrogen) atoms. The summed E-state index contributed by atoms with van der Waals surface area (Å²) in [7, 11) is 0. The van der Waals surface area contributed by atoms with Crippen LogP contribution in [0.25, 0.3) is 0 Å². The molecule has 0 spiro atoms. The molecular weight excluding hydrogens is 288 g/mol. The van der Waals surface area contributed by atoms with Crippen LogP contribution in [-0.4, -0.2) is 6.54 Å². The average molecular weight is 307 g/mol. The fraction of sp³-hybridized carbons (Fsp3) is 0.412. The van der Waals surface area contributed by atoms with Crippen molar-refractivity contribution in [3.05, 3.63) is 56.8 Å². The van der Waals surface area contributed by atoms with Crippen molar-refractivity contribution in [1.82, 2.24) is 5.32 Å². The Morgan fingerprint density at radius 2 is 2.05 bits per heavy atom. The van der Waals surface area contributed by atoms with Gasteiger partial charge in [-0.2, -0.15) is 0 Å². The van der Waals surface area contributed by atoms with Gasteiger partial charge in [-0.25, -0.2) is 8.78 Å². The number of hydrogen-bond donors (Lipinski definition) is 1. The second-order valence-electron chi connectivity index (χ2n) is 5.44. The highest BCUT2D eigenvalue weighted by molar-refractivity contribution is 7.12. The van der Waals surface area contributed by atoms with Crippen molar-refractivity contribution >= 4 is 11.3 Å². The van der Waals surface area contributed by atoms with Gasteiger partial charge in [0, 0.05) is 15.3 Å². The van der Waals surface area contributed by atoms with Gasteiger partial charge in [0.25, 0.3) is 0 Å². The highest BCUT2D eigenvalue weighted by Gasteiger charge is 2.23. The maximum Gasteiger partial charge on any atom is 0.163 e. The van der Waals surface area contributed by atoms with Crippen molar-refractivity contribution in [3.8, 4) is 0 Å². The van der Waals surface area contributed by atoms with E-state index in [1.165, 1.54) is 29.3 Å². The van der Waals surface area contributed by atoms with Gasteiger partial charge >= 0.3 is 0 Å². The minimum Gasteiger partial charge on any atom is -0.306 e. The lowest BCUT2D eigenvalue weighted by Gasteiger charge is -2.17. The third-order valence-corrected chi connectivity index (χ3v) is 5.30. The molecule has 2 aromatic rings. The van der Waals surface area contributed by atoms with Gasteiger partial charge in [-0.15, -0.1) is 11.3 Å². The number of thiophene rings is 1. The molecule has 3 rings (SSSR count). The number of benzene rings is 1. The molecule has 0 aliphatic heterocycles. The van der Waals surface area contributed by atoms with E-state index in [1.807, 2.05) is 6.92 Å². The predicted octanol–water partition coefficient (Wildman–Crippen LogP) is 4.60. The first-order valence-electron chi connectivity index (χ1n) is 7.49. The van der Waals surface area contributed by atoms with Gasteiger partial charge in [0.2, 0.25) is 0 Å². The van der Waals surface area contributed by atoms with Crippen LogP contribution < -0.4 is 5.32 Å². The number of fused-ring (bicyclic) bond motifs is 1. The molecule has 1 heterocycles. The van der Waals surface area contributed by atoms with Gasteiger partial charge in [-0.05, 0) is 49.9 Å². The molecule has 1 N–H and O–H groups in total. The summed E-state index contributed by atoms with van der Waals surface area (Å²) in [5.41, 5.74) is 1.79. The largest absolute Gasteiger partial charge is 0.306 e. The topological polar surface area (TPSA) is 12.0 Å². The lowest BCUT2D eigenvalue weighted by molar-refractivity contribution is 0.484. The maximum atomic E-state index is 14.1. The molecule has 0 saturated carbocycles. The standard InChI is InChI=1S/C17H19F2NS/c1-2-20-17(12-7-5-8-13(18)16(12)19)15-10-11-6-3-4-9-14(11)21-15/h5,7-8,10,17,20H,2-4,6,9H2,1H3. The van der Waals surface area contributed by atoms with Crippen LogP contribution in [0.2, 0.25) is 0 Å². The van der Waals surface area contributed by atoms with Crippen molar-refractivity contribution in [2.45, 2.75) is 38.6 Å². The van der Waals surface area contributed by atoms with E-state index in [0.29, 0.717) is 12.1 Å². The lowest BCUT2D eigenvalue weighted by Crippen LogP contribution is -2.22. The third kappa shape index (κ3) is 2.87. The van der Waals surface area contributed by atoms with Crippen molar-refractivity contribution in [2.75, 3.05) is 6.54 Å². The molecule has 1 aromatic carbocycles. The fourth-order valence-electron chi connectivity index (χ4n) is 2.97. The maximum absolute atomic E-state index is 14.1. The first-order chi connectivity index (χ1) is 10.2. The van der Waals surface area contributed by atoms with Crippen LogP contribution in [0.4, 0.5) is 8.78 Å². The minimum absolute atomic E-state index is 0.263. The number of hydrogen-bond acceptors (Lipinski definition) is 2. The SMILES string of the molecule is CCNC(c1cc2c(s1)CCCC2)c1cccc(F)c1F. The van der Waals surface area contributed by atoms with E-state index in [2.05, 4.69) is 11.4 Å². The van der Waals surface area contributed by atoms with Crippen molar-refractivity contribution in [1.29, 1.82) is 0 Å². The van der Waals surface area contributed by atoms with Crippen LogP contribution in [0.15, 0.2) is 24.3 Å². The molecule has 0 saturated heterocycles. The minimum atomic E-state index is -0.781. The van der Waals surface area contributed by atoms with Gasteiger partial charge in [0.15, 0.2) is 11.6 Å². The Morgan fingerprint density at radius 1 is 1.24 bits per heavy atom. The van der Waals surface area contributed by atoms with Gasteiger partial charge in [0.05, 0.1) is 6.04 Å². The summed E-state index contributed by atoms with van der Waals surface area (Å²) in [6.07, 6.45) is 4.68. The Morgan fingerprint density at radius 3 is 2.81 bits per heavy atom. The molecule has 1 unspecified atom stereocenters. The van der Waals surface area contributed by atoms with E-state index < -0.39 is 11.6 Å². The van der Waals surface area contributed by atoms with E-state index in [4.69, 9.17) is 0 Å². The molecule has 0 amide bonds. The number of rotatable bonds is 4. The Kier molecular flexibility index (Phi) is 4.36. The predicted molar refractivity (Wildman–Crippen MR) is 82.8 cm³/mol. The molecule has 1 nitrogen and oxygen atoms in total. The summed E-state index contributed by atoms with van der Waals surface area (Å²) in [5.74, 6) is -1.52. The van der Waals surface area contributed by atoms with Gasteiger partial charge in [-0.1, -0.05) is 19.1 Å². The molecule has 4 heteroatoms. The smallest absolute Gasteiger partial charge is 0.163 e. The summed E-state index contributed by atoms with van der Waals surface area (Å²) in [4.78, 5) is 2.50. The van der Waals surface area contributed by atoms with Crippen LogP contribution in [0, 0.1) is 11.6 Å². The van der Waals surface area contributed by atoms with Gasteiger partial charge in [0.1, 0.15) is 0 Å². The first kappa shape index (κ1) is 14.7. The Hall–Kier alpha value is -1.26. The van der Waals surface area contributed by atoms with Crippen LogP contribution in [0.5, 0.6) is 0 Å². The zero-order valence-corrected chi connectivity index (χ0v) is 12.9. The van der Waals surface area contributed by atoms with E-state index in [9.17, 15) is 8.78 Å². The van der Waals surface area contributed by atoms with E-state index >= 15 is 0 Å². The average Bonchev–Trinajstić information content (AvgIpc) is 2.91. The Labute approximate surface area is 128 Å². The van der Waals surface area contributed by atoms with Crippen molar-refractivity contribution < 1.29 is 8.78 Å². The second-order valence-corrected chi connectivity index (χ2v) is 6.61. The lowest BCUT2D eigenvalue weighted by atomic mass is 9.97. The zero-order chi connectivity index (χ0) is 14.8. The van der Waals surface area contributed by atoms with Crippen molar-refractivity contribution in [3.63, 3.8) is 0 Å². The fourth-order valence-corrected chi connectivity index (χ4v) is 4.32. The van der Waals surface area contributed by atoms with E-state index in [1.54, 1.807) is 23.5 Å². The second kappa shape index (κ2) is 6.24. The quantitative estimate of drug-likeness (QED) is 0.870. The normalized spacial score (nSPS) is 15.8. The third-order valence-electron chi connectivity index (χ3n) is 4.00. The molecular formula is C17H19F2NS. The molecule has 1 aliphatic carbocycles. The van der Waals surface area contributed by atoms with Crippen LogP contribution in [0.1, 0.15) is 46.7 Å². The summed E-state index contributed by atoms with van der Waals surface area (Å²) < 4.78 is 27.7. The zero-order valence-electron chi connectivity index (χ0n) is 12.1. The highest BCUT2D eigenvalue weighted by Crippen LogP contribution is 2.36. The number of nitrogens with one attached hydrogen (secondary N) is 1. The molecule has 112 valence electrons. The number of aryl methyl sites for hydroxylation is 2. The van der Waals surface area contributed by atoms with Crippen LogP contribution >= 0.6 is 11.3 Å². The Balaban J connectivity index is 2.01. The molecule has 0 bridgehead atoms. The Bertz CT molecular complexity index is 612. The van der Waals surface area contributed by atoms with Gasteiger partial charge < -0.3 is 5.32 Å². The summed E-state index contributed by atoms with van der Waals surface area (Å²) in [6.45, 7) is 2.70. The van der Waals surface area contributed by atoms with E-state index in [-0.39, 0.29) is 6.04 Å². The summed E-state index contributed by atoms with van der Waals surface area (Å²) >= 11 is 1.74.